The van der Waals surface area contributed by atoms with Crippen LogP contribution >= 0.6 is 0 Å². The van der Waals surface area contributed by atoms with Crippen molar-refractivity contribution in [2.45, 2.75) is 31.6 Å². The van der Waals surface area contributed by atoms with Crippen molar-refractivity contribution >= 4 is 11.7 Å². The number of ether oxygens (including phenoxy) is 1. The first-order valence-corrected chi connectivity index (χ1v) is 8.91. The lowest BCUT2D eigenvalue weighted by molar-refractivity contribution is -0.0954. The number of rotatable bonds is 3. The minimum Gasteiger partial charge on any atom is -0.452 e. The average Bonchev–Trinajstić information content (AvgIpc) is 3.16. The molecule has 138 valence electrons. The van der Waals surface area contributed by atoms with Crippen LogP contribution in [0.2, 0.25) is 0 Å². The third kappa shape index (κ3) is 3.32. The number of amidine groups is 1. The summed E-state index contributed by atoms with van der Waals surface area (Å²) in [7, 11) is 1.95. The zero-order valence-corrected chi connectivity index (χ0v) is 15.1. The van der Waals surface area contributed by atoms with Gasteiger partial charge in [-0.15, -0.1) is 0 Å². The van der Waals surface area contributed by atoms with E-state index < -0.39 is 11.7 Å². The molecule has 3 heterocycles. The summed E-state index contributed by atoms with van der Waals surface area (Å²) in [5.74, 6) is 0.806. The largest absolute Gasteiger partial charge is 0.452 e. The Kier molecular flexibility index (Phi) is 4.42. The quantitative estimate of drug-likeness (QED) is 0.906. The van der Waals surface area contributed by atoms with Crippen LogP contribution in [-0.2, 0) is 11.3 Å². The lowest BCUT2D eigenvalue weighted by Gasteiger charge is -2.41. The summed E-state index contributed by atoms with van der Waals surface area (Å²) in [5.41, 5.74) is 1.07. The second-order valence-corrected chi connectivity index (χ2v) is 7.20. The van der Waals surface area contributed by atoms with Gasteiger partial charge in [-0.05, 0) is 25.5 Å². The first-order valence-electron chi connectivity index (χ1n) is 8.91. The van der Waals surface area contributed by atoms with Gasteiger partial charge in [0.15, 0.2) is 5.60 Å². The standard InChI is InChI=1S/C19H24N4O3/c1-14-10-16(21-26-14)11-23-9-8-17(24)19(13-23)12-22(2)18(25-19)20-15-6-4-3-5-7-15/h3-7,10,17,24H,8-9,11-13H2,1-2H3/t17-,19-/m0/s1. The predicted octanol–water partition coefficient (Wildman–Crippen LogP) is 1.94. The highest BCUT2D eigenvalue weighted by Gasteiger charge is 2.51. The van der Waals surface area contributed by atoms with Crippen LogP contribution in [0.25, 0.3) is 0 Å². The van der Waals surface area contributed by atoms with E-state index in [1.807, 2.05) is 55.3 Å². The third-order valence-electron chi connectivity index (χ3n) is 4.99. The van der Waals surface area contributed by atoms with Gasteiger partial charge in [0.25, 0.3) is 6.02 Å². The van der Waals surface area contributed by atoms with Crippen molar-refractivity contribution < 1.29 is 14.4 Å². The van der Waals surface area contributed by atoms with Crippen molar-refractivity contribution in [3.8, 4) is 0 Å². The molecular formula is C19H24N4O3. The summed E-state index contributed by atoms with van der Waals surface area (Å²) in [5, 5.41) is 14.8. The number of aliphatic hydroxyl groups is 1. The lowest BCUT2D eigenvalue weighted by Crippen LogP contribution is -2.58. The molecule has 0 amide bonds. The summed E-state index contributed by atoms with van der Waals surface area (Å²) < 4.78 is 11.4. The Balaban J connectivity index is 1.51. The van der Waals surface area contributed by atoms with Crippen LogP contribution < -0.4 is 0 Å². The summed E-state index contributed by atoms with van der Waals surface area (Å²) in [6.45, 7) is 4.60. The number of hydrogen-bond donors (Lipinski definition) is 1. The number of nitrogens with zero attached hydrogens (tertiary/aromatic N) is 4. The van der Waals surface area contributed by atoms with E-state index in [-0.39, 0.29) is 0 Å². The van der Waals surface area contributed by atoms with Gasteiger partial charge in [-0.3, -0.25) is 4.90 Å². The number of piperidine rings is 1. The van der Waals surface area contributed by atoms with Crippen molar-refractivity contribution in [3.63, 3.8) is 0 Å². The molecule has 0 bridgehead atoms. The molecule has 2 aliphatic heterocycles. The number of likely N-dealkylation sites (tertiary alicyclic amines) is 1. The first-order chi connectivity index (χ1) is 12.5. The van der Waals surface area contributed by atoms with E-state index in [4.69, 9.17) is 9.26 Å². The highest BCUT2D eigenvalue weighted by atomic mass is 16.6. The number of aromatic nitrogens is 1. The van der Waals surface area contributed by atoms with E-state index in [1.54, 1.807) is 0 Å². The van der Waals surface area contributed by atoms with Crippen LogP contribution in [-0.4, -0.2) is 64.5 Å². The van der Waals surface area contributed by atoms with E-state index in [9.17, 15) is 5.11 Å². The Morgan fingerprint density at radius 1 is 1.31 bits per heavy atom. The van der Waals surface area contributed by atoms with E-state index in [2.05, 4.69) is 15.0 Å². The molecule has 7 nitrogen and oxygen atoms in total. The molecule has 2 aliphatic rings. The Hall–Kier alpha value is -2.38. The maximum absolute atomic E-state index is 10.7. The second kappa shape index (κ2) is 6.74. The molecule has 2 saturated heterocycles. The van der Waals surface area contributed by atoms with E-state index in [0.717, 1.165) is 23.7 Å². The molecule has 7 heteroatoms. The molecule has 2 atom stereocenters. The van der Waals surface area contributed by atoms with Crippen molar-refractivity contribution in [3.05, 3.63) is 47.9 Å². The maximum Gasteiger partial charge on any atom is 0.293 e. The fourth-order valence-electron chi connectivity index (χ4n) is 3.73. The van der Waals surface area contributed by atoms with Gasteiger partial charge in [-0.25, -0.2) is 0 Å². The predicted molar refractivity (Wildman–Crippen MR) is 97.1 cm³/mol. The molecule has 2 fully saturated rings. The van der Waals surface area contributed by atoms with Crippen LogP contribution in [0.1, 0.15) is 17.9 Å². The SMILES string of the molecule is Cc1cc(CN2CC[C@H](O)[C@@]3(C2)CN(C)C(=Nc2ccccc2)O3)no1. The number of aliphatic hydroxyl groups excluding tert-OH is 1. The van der Waals surface area contributed by atoms with Gasteiger partial charge in [-0.2, -0.15) is 4.99 Å². The van der Waals surface area contributed by atoms with Crippen molar-refractivity contribution in [2.24, 2.45) is 4.99 Å². The molecule has 0 aliphatic carbocycles. The molecule has 0 radical (unpaired) electrons. The van der Waals surface area contributed by atoms with Crippen LogP contribution in [0, 0.1) is 6.92 Å². The minimum absolute atomic E-state index is 0.524. The van der Waals surface area contributed by atoms with Gasteiger partial charge in [0.05, 0.1) is 24.0 Å². The summed E-state index contributed by atoms with van der Waals surface area (Å²) >= 11 is 0. The molecule has 26 heavy (non-hydrogen) atoms. The minimum atomic E-state index is -0.667. The molecule has 4 rings (SSSR count). The second-order valence-electron chi connectivity index (χ2n) is 7.20. The average molecular weight is 356 g/mol. The normalized spacial score (nSPS) is 28.0. The zero-order chi connectivity index (χ0) is 18.1. The number of benzene rings is 1. The summed E-state index contributed by atoms with van der Waals surface area (Å²) in [6.07, 6.45) is 0.132. The fourth-order valence-corrected chi connectivity index (χ4v) is 3.73. The van der Waals surface area contributed by atoms with Gasteiger partial charge < -0.3 is 19.3 Å². The topological polar surface area (TPSA) is 74.3 Å². The van der Waals surface area contributed by atoms with Gasteiger partial charge in [0.1, 0.15) is 5.76 Å². The van der Waals surface area contributed by atoms with Crippen molar-refractivity contribution in [1.29, 1.82) is 0 Å². The van der Waals surface area contributed by atoms with Gasteiger partial charge >= 0.3 is 0 Å². The number of aliphatic imine (C=N–C) groups is 1. The van der Waals surface area contributed by atoms with Crippen molar-refractivity contribution in [1.82, 2.24) is 15.0 Å². The monoisotopic (exact) mass is 356 g/mol. The molecule has 1 spiro atoms. The van der Waals surface area contributed by atoms with E-state index in [0.29, 0.717) is 32.1 Å². The Morgan fingerprint density at radius 3 is 2.85 bits per heavy atom. The maximum atomic E-state index is 10.7. The van der Waals surface area contributed by atoms with Gasteiger partial charge in [0.2, 0.25) is 0 Å². The molecule has 1 aromatic carbocycles. The highest BCUT2D eigenvalue weighted by molar-refractivity contribution is 5.79. The smallest absolute Gasteiger partial charge is 0.293 e. The van der Waals surface area contributed by atoms with E-state index >= 15 is 0 Å². The Labute approximate surface area is 152 Å². The molecule has 1 aromatic heterocycles. The van der Waals surface area contributed by atoms with Gasteiger partial charge in [0, 0.05) is 32.7 Å². The summed E-state index contributed by atoms with van der Waals surface area (Å²) in [6, 6.07) is 12.2. The van der Waals surface area contributed by atoms with E-state index in [1.165, 1.54) is 0 Å². The van der Waals surface area contributed by atoms with Crippen LogP contribution in [0.5, 0.6) is 0 Å². The molecule has 2 aromatic rings. The summed E-state index contributed by atoms with van der Waals surface area (Å²) in [4.78, 5) is 8.82. The fraction of sp³-hybridized carbons (Fsp3) is 0.474. The first kappa shape index (κ1) is 17.1. The number of aryl methyl sites for hydroxylation is 1. The third-order valence-corrected chi connectivity index (χ3v) is 4.99. The van der Waals surface area contributed by atoms with Gasteiger partial charge in [-0.1, -0.05) is 23.4 Å². The Morgan fingerprint density at radius 2 is 2.12 bits per heavy atom. The van der Waals surface area contributed by atoms with Crippen LogP contribution in [0.4, 0.5) is 5.69 Å². The number of hydrogen-bond acceptors (Lipinski definition) is 6. The highest BCUT2D eigenvalue weighted by Crippen LogP contribution is 2.33. The lowest BCUT2D eigenvalue weighted by atomic mass is 9.89. The molecule has 1 N–H and O–H groups in total. The zero-order valence-electron chi connectivity index (χ0n) is 15.1. The Bertz CT molecular complexity index is 791. The number of likely N-dealkylation sites (N-methyl/N-ethyl adjacent to an activating group) is 1. The number of para-hydroxylation sites is 1. The molecular weight excluding hydrogens is 332 g/mol. The molecule has 0 saturated carbocycles. The molecule has 0 unspecified atom stereocenters. The van der Waals surface area contributed by atoms with Crippen molar-refractivity contribution in [2.75, 3.05) is 26.7 Å². The van der Waals surface area contributed by atoms with Crippen LogP contribution in [0.3, 0.4) is 0 Å². The van der Waals surface area contributed by atoms with Crippen LogP contribution in [0.15, 0.2) is 45.9 Å².